The molecule has 3 heterocycles. The monoisotopic (exact) mass is 384 g/mol. The third kappa shape index (κ3) is 3.42. The van der Waals surface area contributed by atoms with E-state index in [4.69, 9.17) is 0 Å². The van der Waals surface area contributed by atoms with Crippen molar-refractivity contribution in [3.8, 4) is 11.4 Å². The molecule has 2 aromatic heterocycles. The van der Waals surface area contributed by atoms with Gasteiger partial charge in [-0.25, -0.2) is 4.98 Å². The highest BCUT2D eigenvalue weighted by atomic mass is 16.1. The van der Waals surface area contributed by atoms with Crippen molar-refractivity contribution in [3.05, 3.63) is 72.6 Å². The van der Waals surface area contributed by atoms with Crippen molar-refractivity contribution in [2.24, 2.45) is 0 Å². The summed E-state index contributed by atoms with van der Waals surface area (Å²) in [4.78, 5) is 19.2. The van der Waals surface area contributed by atoms with Crippen LogP contribution in [0.3, 0.4) is 0 Å². The summed E-state index contributed by atoms with van der Waals surface area (Å²) in [6.45, 7) is 2.15. The Labute approximate surface area is 168 Å². The highest BCUT2D eigenvalue weighted by Gasteiger charge is 2.14. The maximum atomic E-state index is 12.7. The fraction of sp³-hybridized carbons (Fsp3) is 0.182. The second kappa shape index (κ2) is 7.35. The van der Waals surface area contributed by atoms with Crippen LogP contribution in [0.25, 0.3) is 17.2 Å². The number of amides is 1. The molecule has 1 N–H and O–H groups in total. The third-order valence-corrected chi connectivity index (χ3v) is 5.17. The molecule has 4 aromatic rings. The van der Waals surface area contributed by atoms with Gasteiger partial charge in [0.25, 0.3) is 11.7 Å². The van der Waals surface area contributed by atoms with Crippen molar-refractivity contribution in [1.82, 2.24) is 19.6 Å². The number of hydrogen-bond acceptors (Lipinski definition) is 5. The first-order valence-corrected chi connectivity index (χ1v) is 9.70. The molecule has 0 aliphatic carbocycles. The Morgan fingerprint density at radius 2 is 1.79 bits per heavy atom. The van der Waals surface area contributed by atoms with E-state index < -0.39 is 0 Å². The van der Waals surface area contributed by atoms with Crippen molar-refractivity contribution >= 4 is 23.1 Å². The number of nitrogens with one attached hydrogen (secondary N) is 1. The molecule has 29 heavy (non-hydrogen) atoms. The summed E-state index contributed by atoms with van der Waals surface area (Å²) in [5, 5.41) is 11.3. The quantitative estimate of drug-likeness (QED) is 0.581. The average molecular weight is 384 g/mol. The Balaban J connectivity index is 1.34. The molecular formula is C22H20N6O. The number of carbonyl (C=O) groups is 1. The van der Waals surface area contributed by atoms with Gasteiger partial charge in [-0.1, -0.05) is 18.2 Å². The molecule has 5 rings (SSSR count). The van der Waals surface area contributed by atoms with E-state index in [0.717, 1.165) is 30.0 Å². The van der Waals surface area contributed by atoms with Crippen LogP contribution in [0.4, 0.5) is 11.4 Å². The molecule has 1 saturated heterocycles. The average Bonchev–Trinajstić information content (AvgIpc) is 3.44. The van der Waals surface area contributed by atoms with E-state index in [1.165, 1.54) is 12.8 Å². The maximum Gasteiger partial charge on any atom is 0.255 e. The summed E-state index contributed by atoms with van der Waals surface area (Å²) in [5.74, 6) is 1.10. The Bertz CT molecular complexity index is 1160. The van der Waals surface area contributed by atoms with Gasteiger partial charge >= 0.3 is 0 Å². The van der Waals surface area contributed by atoms with Crippen molar-refractivity contribution in [2.75, 3.05) is 23.3 Å². The van der Waals surface area contributed by atoms with E-state index in [1.54, 1.807) is 18.3 Å². The van der Waals surface area contributed by atoms with Crippen LogP contribution in [0.1, 0.15) is 23.2 Å². The summed E-state index contributed by atoms with van der Waals surface area (Å²) in [5.41, 5.74) is 3.42. The molecule has 0 bridgehead atoms. The molecule has 7 heteroatoms. The van der Waals surface area contributed by atoms with E-state index >= 15 is 0 Å². The van der Waals surface area contributed by atoms with Gasteiger partial charge in [0, 0.05) is 48.0 Å². The number of nitrogens with zero attached hydrogens (tertiary/aromatic N) is 5. The Hall–Kier alpha value is -3.74. The lowest BCUT2D eigenvalue weighted by Gasteiger charge is -2.18. The number of anilines is 2. The molecule has 1 aliphatic heterocycles. The summed E-state index contributed by atoms with van der Waals surface area (Å²) in [7, 11) is 0. The van der Waals surface area contributed by atoms with Gasteiger partial charge in [-0.3, -0.25) is 9.20 Å². The SMILES string of the molecule is O=C(Nc1cccc(N2CCCC2)c1)c1ccc(-c2nnc3ncccn23)cc1. The van der Waals surface area contributed by atoms with Crippen LogP contribution in [0.2, 0.25) is 0 Å². The summed E-state index contributed by atoms with van der Waals surface area (Å²) in [6, 6.07) is 17.2. The van der Waals surface area contributed by atoms with Crippen LogP contribution in [-0.4, -0.2) is 38.6 Å². The van der Waals surface area contributed by atoms with Gasteiger partial charge in [-0.15, -0.1) is 10.2 Å². The minimum Gasteiger partial charge on any atom is -0.371 e. The number of benzene rings is 2. The van der Waals surface area contributed by atoms with E-state index in [2.05, 4.69) is 31.5 Å². The molecule has 0 spiro atoms. The number of hydrogen-bond donors (Lipinski definition) is 1. The minimum absolute atomic E-state index is 0.136. The maximum absolute atomic E-state index is 12.7. The third-order valence-electron chi connectivity index (χ3n) is 5.17. The zero-order chi connectivity index (χ0) is 19.6. The Morgan fingerprint density at radius 3 is 2.62 bits per heavy atom. The fourth-order valence-electron chi connectivity index (χ4n) is 3.67. The van der Waals surface area contributed by atoms with Crippen molar-refractivity contribution in [2.45, 2.75) is 12.8 Å². The van der Waals surface area contributed by atoms with Gasteiger partial charge < -0.3 is 10.2 Å². The van der Waals surface area contributed by atoms with E-state index in [9.17, 15) is 4.79 Å². The number of fused-ring (bicyclic) bond motifs is 1. The molecule has 0 unspecified atom stereocenters. The molecule has 7 nitrogen and oxygen atoms in total. The van der Waals surface area contributed by atoms with Crippen LogP contribution < -0.4 is 10.2 Å². The predicted molar refractivity (Wildman–Crippen MR) is 112 cm³/mol. The predicted octanol–water partition coefficient (Wildman–Crippen LogP) is 3.64. The first-order valence-electron chi connectivity index (χ1n) is 9.70. The zero-order valence-electron chi connectivity index (χ0n) is 15.8. The van der Waals surface area contributed by atoms with Gasteiger partial charge in [-0.2, -0.15) is 0 Å². The lowest BCUT2D eigenvalue weighted by Crippen LogP contribution is -2.18. The van der Waals surface area contributed by atoms with Crippen molar-refractivity contribution in [1.29, 1.82) is 0 Å². The Kier molecular flexibility index (Phi) is 4.40. The number of carbonyl (C=O) groups excluding carboxylic acids is 1. The number of aromatic nitrogens is 4. The van der Waals surface area contributed by atoms with Crippen LogP contribution in [0, 0.1) is 0 Å². The summed E-state index contributed by atoms with van der Waals surface area (Å²) in [6.07, 6.45) is 5.99. The second-order valence-electron chi connectivity index (χ2n) is 7.09. The lowest BCUT2D eigenvalue weighted by atomic mass is 10.1. The van der Waals surface area contributed by atoms with Gasteiger partial charge in [0.05, 0.1) is 0 Å². The van der Waals surface area contributed by atoms with Gasteiger partial charge in [0.2, 0.25) is 0 Å². The van der Waals surface area contributed by atoms with Gasteiger partial charge in [0.15, 0.2) is 5.82 Å². The van der Waals surface area contributed by atoms with Gasteiger partial charge in [0.1, 0.15) is 0 Å². The number of rotatable bonds is 4. The van der Waals surface area contributed by atoms with Crippen molar-refractivity contribution < 1.29 is 4.79 Å². The van der Waals surface area contributed by atoms with Crippen LogP contribution in [-0.2, 0) is 0 Å². The first-order chi connectivity index (χ1) is 14.3. The first kappa shape index (κ1) is 17.4. The molecule has 1 amide bonds. The molecule has 0 radical (unpaired) electrons. The molecular weight excluding hydrogens is 364 g/mol. The lowest BCUT2D eigenvalue weighted by molar-refractivity contribution is 0.102. The zero-order valence-corrected chi connectivity index (χ0v) is 15.8. The smallest absolute Gasteiger partial charge is 0.255 e. The molecule has 0 saturated carbocycles. The van der Waals surface area contributed by atoms with E-state index in [1.807, 2.05) is 47.0 Å². The fourth-order valence-corrected chi connectivity index (χ4v) is 3.67. The van der Waals surface area contributed by atoms with Gasteiger partial charge in [-0.05, 0) is 49.2 Å². The molecule has 1 aliphatic rings. The summed E-state index contributed by atoms with van der Waals surface area (Å²) >= 11 is 0. The highest BCUT2D eigenvalue weighted by Crippen LogP contribution is 2.24. The van der Waals surface area contributed by atoms with Crippen LogP contribution >= 0.6 is 0 Å². The molecule has 144 valence electrons. The topological polar surface area (TPSA) is 75.4 Å². The Morgan fingerprint density at radius 1 is 0.966 bits per heavy atom. The second-order valence-corrected chi connectivity index (χ2v) is 7.09. The minimum atomic E-state index is -0.136. The molecule has 2 aromatic carbocycles. The van der Waals surface area contributed by atoms with E-state index in [-0.39, 0.29) is 5.91 Å². The van der Waals surface area contributed by atoms with Crippen molar-refractivity contribution in [3.63, 3.8) is 0 Å². The summed E-state index contributed by atoms with van der Waals surface area (Å²) < 4.78 is 1.82. The standard InChI is InChI=1S/C22H20N6O/c29-21(24-18-5-3-6-19(15-18)27-12-1-2-13-27)17-9-7-16(8-10-17)20-25-26-22-23-11-4-14-28(20)22/h3-11,14-15H,1-2,12-13H2,(H,24,29). The van der Waals surface area contributed by atoms with E-state index in [0.29, 0.717) is 17.2 Å². The van der Waals surface area contributed by atoms with Crippen LogP contribution in [0.15, 0.2) is 67.0 Å². The largest absolute Gasteiger partial charge is 0.371 e. The normalized spacial score (nSPS) is 13.7. The van der Waals surface area contributed by atoms with Crippen LogP contribution in [0.5, 0.6) is 0 Å². The molecule has 0 atom stereocenters. The highest BCUT2D eigenvalue weighted by molar-refractivity contribution is 6.04. The molecule has 1 fully saturated rings.